The molecule has 27 heavy (non-hydrogen) atoms. The molecule has 5 heteroatoms. The number of thioether (sulfide) groups is 1. The van der Waals surface area contributed by atoms with Crippen molar-refractivity contribution in [2.75, 3.05) is 5.75 Å². The van der Waals surface area contributed by atoms with E-state index in [9.17, 15) is 0 Å². The molecule has 4 nitrogen and oxygen atoms in total. The average molecular weight is 377 g/mol. The van der Waals surface area contributed by atoms with E-state index in [-0.39, 0.29) is 12.1 Å². The minimum Gasteiger partial charge on any atom is -0.347 e. The van der Waals surface area contributed by atoms with Crippen LogP contribution in [0.25, 0.3) is 10.9 Å². The van der Waals surface area contributed by atoms with Crippen molar-refractivity contribution in [3.63, 3.8) is 0 Å². The highest BCUT2D eigenvalue weighted by Gasteiger charge is 2.46. The van der Waals surface area contributed by atoms with Crippen LogP contribution >= 0.6 is 11.8 Å². The maximum atomic E-state index is 5.15. The van der Waals surface area contributed by atoms with Crippen LogP contribution in [-0.2, 0) is 6.54 Å². The lowest BCUT2D eigenvalue weighted by Crippen LogP contribution is -2.35. The quantitative estimate of drug-likeness (QED) is 0.640. The summed E-state index contributed by atoms with van der Waals surface area (Å²) in [6.07, 6.45) is 5.37. The van der Waals surface area contributed by atoms with Crippen LogP contribution in [0.15, 0.2) is 59.9 Å². The summed E-state index contributed by atoms with van der Waals surface area (Å²) in [4.78, 5) is 12.4. The smallest absolute Gasteiger partial charge is 0.160 e. The Balaban J connectivity index is 1.70. The number of amidine groups is 1. The predicted octanol–water partition coefficient (Wildman–Crippen LogP) is 5.04. The van der Waals surface area contributed by atoms with E-state index in [0.717, 1.165) is 24.4 Å². The molecule has 1 fully saturated rings. The number of pyridine rings is 1. The Morgan fingerprint density at radius 3 is 2.74 bits per heavy atom. The molecule has 0 aliphatic carbocycles. The zero-order valence-electron chi connectivity index (χ0n) is 15.7. The van der Waals surface area contributed by atoms with E-state index in [4.69, 9.17) is 4.99 Å². The van der Waals surface area contributed by atoms with Gasteiger partial charge in [0.05, 0.1) is 11.7 Å². The van der Waals surface area contributed by atoms with Gasteiger partial charge in [-0.3, -0.25) is 9.98 Å². The first-order chi connectivity index (χ1) is 13.3. The molecule has 1 aromatic carbocycles. The van der Waals surface area contributed by atoms with Crippen LogP contribution < -0.4 is 0 Å². The number of hydrogen-bond donors (Lipinski definition) is 0. The van der Waals surface area contributed by atoms with Crippen molar-refractivity contribution >= 4 is 27.8 Å². The Morgan fingerprint density at radius 1 is 1.11 bits per heavy atom. The fourth-order valence-electron chi connectivity index (χ4n) is 4.46. The van der Waals surface area contributed by atoms with Crippen molar-refractivity contribution < 1.29 is 0 Å². The SMILES string of the molecule is CC[C@H]1CSC2=N[C@@H](c3ccccn3)[C@@H](c3cn(CC)c4ccccc34)N21. The second-order valence-electron chi connectivity index (χ2n) is 7.22. The van der Waals surface area contributed by atoms with Crippen molar-refractivity contribution in [1.82, 2.24) is 14.5 Å². The second-order valence-corrected chi connectivity index (χ2v) is 8.21. The monoisotopic (exact) mass is 376 g/mol. The standard InChI is InChI=1S/C22H24N4S/c1-3-15-14-27-22-24-20(18-10-7-8-12-23-18)21(26(15)22)17-13-25(4-2)19-11-6-5-9-16(17)19/h5-13,15,20-21H,3-4,14H2,1-2H3/t15-,20-,21+/m0/s1. The molecule has 3 aromatic rings. The van der Waals surface area contributed by atoms with Crippen molar-refractivity contribution in [1.29, 1.82) is 0 Å². The molecular formula is C22H24N4S. The van der Waals surface area contributed by atoms with Crippen LogP contribution in [0.2, 0.25) is 0 Å². The van der Waals surface area contributed by atoms with Crippen molar-refractivity contribution in [3.05, 3.63) is 66.1 Å². The fourth-order valence-corrected chi connectivity index (χ4v) is 5.80. The number of nitrogens with zero attached hydrogens (tertiary/aromatic N) is 4. The second kappa shape index (κ2) is 6.71. The number of aromatic nitrogens is 2. The predicted molar refractivity (Wildman–Crippen MR) is 113 cm³/mol. The zero-order valence-corrected chi connectivity index (χ0v) is 16.6. The first kappa shape index (κ1) is 16.9. The molecule has 0 N–H and O–H groups in total. The zero-order chi connectivity index (χ0) is 18.4. The third kappa shape index (κ3) is 2.59. The lowest BCUT2D eigenvalue weighted by molar-refractivity contribution is 0.256. The fraction of sp³-hybridized carbons (Fsp3) is 0.364. The number of aryl methyl sites for hydroxylation is 1. The molecule has 0 unspecified atom stereocenters. The maximum Gasteiger partial charge on any atom is 0.160 e. The summed E-state index contributed by atoms with van der Waals surface area (Å²) in [5, 5.41) is 2.53. The minimum atomic E-state index is 0.0548. The molecule has 2 aliphatic heterocycles. The van der Waals surface area contributed by atoms with Crippen LogP contribution in [0.4, 0.5) is 0 Å². The molecule has 5 rings (SSSR count). The van der Waals surface area contributed by atoms with E-state index in [1.807, 2.05) is 24.0 Å². The van der Waals surface area contributed by atoms with Crippen LogP contribution in [0.5, 0.6) is 0 Å². The third-order valence-corrected chi connectivity index (χ3v) is 6.93. The van der Waals surface area contributed by atoms with Crippen LogP contribution in [0.3, 0.4) is 0 Å². The van der Waals surface area contributed by atoms with E-state index < -0.39 is 0 Å². The van der Waals surface area contributed by atoms with Gasteiger partial charge in [-0.15, -0.1) is 0 Å². The highest BCUT2D eigenvalue weighted by atomic mass is 32.2. The molecular weight excluding hydrogens is 352 g/mol. The summed E-state index contributed by atoms with van der Waals surface area (Å²) >= 11 is 1.90. The lowest BCUT2D eigenvalue weighted by atomic mass is 9.95. The summed E-state index contributed by atoms with van der Waals surface area (Å²) in [6, 6.07) is 15.7. The molecule has 0 radical (unpaired) electrons. The van der Waals surface area contributed by atoms with Gasteiger partial charge in [-0.2, -0.15) is 0 Å². The molecule has 4 heterocycles. The highest BCUT2D eigenvalue weighted by Crippen LogP contribution is 2.50. The molecule has 0 amide bonds. The molecule has 0 saturated carbocycles. The molecule has 1 saturated heterocycles. The van der Waals surface area contributed by atoms with Gasteiger partial charge in [-0.1, -0.05) is 43.0 Å². The highest BCUT2D eigenvalue weighted by molar-refractivity contribution is 8.14. The van der Waals surface area contributed by atoms with Gasteiger partial charge in [-0.05, 0) is 31.5 Å². The molecule has 138 valence electrons. The van der Waals surface area contributed by atoms with Gasteiger partial charge in [0.15, 0.2) is 5.17 Å². The summed E-state index contributed by atoms with van der Waals surface area (Å²) in [5.41, 5.74) is 3.75. The molecule has 0 bridgehead atoms. The lowest BCUT2D eigenvalue weighted by Gasteiger charge is -2.31. The minimum absolute atomic E-state index is 0.0548. The summed E-state index contributed by atoms with van der Waals surface area (Å²) < 4.78 is 2.36. The van der Waals surface area contributed by atoms with Crippen molar-refractivity contribution in [2.24, 2.45) is 4.99 Å². The van der Waals surface area contributed by atoms with Gasteiger partial charge in [0.1, 0.15) is 6.04 Å². The number of rotatable bonds is 4. The van der Waals surface area contributed by atoms with Gasteiger partial charge < -0.3 is 9.47 Å². The van der Waals surface area contributed by atoms with Crippen LogP contribution in [0, 0.1) is 0 Å². The van der Waals surface area contributed by atoms with Gasteiger partial charge in [0.25, 0.3) is 0 Å². The van der Waals surface area contributed by atoms with E-state index >= 15 is 0 Å². The Kier molecular flexibility index (Phi) is 4.20. The topological polar surface area (TPSA) is 33.4 Å². The summed E-state index contributed by atoms with van der Waals surface area (Å²) in [7, 11) is 0. The number of hydrogen-bond acceptors (Lipinski definition) is 4. The number of para-hydroxylation sites is 1. The van der Waals surface area contributed by atoms with Gasteiger partial charge in [0.2, 0.25) is 0 Å². The van der Waals surface area contributed by atoms with Crippen molar-refractivity contribution in [3.8, 4) is 0 Å². The van der Waals surface area contributed by atoms with E-state index in [0.29, 0.717) is 6.04 Å². The summed E-state index contributed by atoms with van der Waals surface area (Å²) in [6.45, 7) is 5.47. The maximum absolute atomic E-state index is 5.15. The normalized spacial score (nSPS) is 24.4. The molecule has 3 atom stereocenters. The van der Waals surface area contributed by atoms with Crippen molar-refractivity contribution in [2.45, 2.75) is 44.9 Å². The Hall–Kier alpha value is -2.27. The van der Waals surface area contributed by atoms with E-state index in [1.165, 1.54) is 21.6 Å². The van der Waals surface area contributed by atoms with E-state index in [2.05, 4.69) is 70.9 Å². The Bertz CT molecular complexity index is 994. The molecule has 2 aliphatic rings. The van der Waals surface area contributed by atoms with Gasteiger partial charge in [-0.25, -0.2) is 0 Å². The first-order valence-electron chi connectivity index (χ1n) is 9.79. The largest absolute Gasteiger partial charge is 0.347 e. The van der Waals surface area contributed by atoms with Gasteiger partial charge in [0, 0.05) is 47.2 Å². The molecule has 0 spiro atoms. The number of aliphatic imine (C=N–C) groups is 1. The third-order valence-electron chi connectivity index (χ3n) is 5.81. The average Bonchev–Trinajstić information content (AvgIpc) is 3.39. The summed E-state index contributed by atoms with van der Waals surface area (Å²) in [5.74, 6) is 1.13. The Labute approximate surface area is 164 Å². The Morgan fingerprint density at radius 2 is 1.96 bits per heavy atom. The van der Waals surface area contributed by atoms with Gasteiger partial charge >= 0.3 is 0 Å². The van der Waals surface area contributed by atoms with Crippen LogP contribution in [0.1, 0.15) is 43.6 Å². The van der Waals surface area contributed by atoms with E-state index in [1.54, 1.807) is 0 Å². The number of fused-ring (bicyclic) bond motifs is 2. The number of benzene rings is 1. The first-order valence-corrected chi connectivity index (χ1v) is 10.8. The van der Waals surface area contributed by atoms with Crippen LogP contribution in [-0.4, -0.2) is 31.4 Å². The molecule has 2 aromatic heterocycles.